The van der Waals surface area contributed by atoms with Gasteiger partial charge < -0.3 is 10.4 Å². The van der Waals surface area contributed by atoms with E-state index >= 15 is 0 Å². The van der Waals surface area contributed by atoms with Crippen molar-refractivity contribution in [3.05, 3.63) is 39.4 Å². The van der Waals surface area contributed by atoms with E-state index < -0.39 is 26.4 Å². The molecule has 0 aromatic heterocycles. The van der Waals surface area contributed by atoms with Crippen LogP contribution in [0.3, 0.4) is 0 Å². The first kappa shape index (κ1) is 15.4. The molecule has 1 unspecified atom stereocenters. The number of aromatic carboxylic acids is 1. The Morgan fingerprint density at radius 2 is 2.19 bits per heavy atom. The summed E-state index contributed by atoms with van der Waals surface area (Å²) in [4.78, 5) is 21.3. The Hall–Kier alpha value is -2.00. The number of carbonyl (C=O) groups is 1. The van der Waals surface area contributed by atoms with Crippen molar-refractivity contribution in [2.75, 3.05) is 11.5 Å². The van der Waals surface area contributed by atoms with Crippen LogP contribution in [-0.2, 0) is 16.4 Å². The van der Waals surface area contributed by atoms with Crippen LogP contribution in [0.5, 0.6) is 0 Å². The van der Waals surface area contributed by atoms with E-state index in [1.165, 1.54) is 12.1 Å². The fraction of sp³-hybridized carbons (Fsp3) is 0.417. The van der Waals surface area contributed by atoms with E-state index in [2.05, 4.69) is 5.32 Å². The Morgan fingerprint density at radius 1 is 1.48 bits per heavy atom. The van der Waals surface area contributed by atoms with Gasteiger partial charge in [0.1, 0.15) is 5.56 Å². The minimum atomic E-state index is -3.03. The maximum absolute atomic E-state index is 11.3. The van der Waals surface area contributed by atoms with Crippen LogP contribution in [0.1, 0.15) is 22.3 Å². The van der Waals surface area contributed by atoms with Crippen molar-refractivity contribution in [1.82, 2.24) is 5.32 Å². The number of nitrogens with zero attached hydrogens (tertiary/aromatic N) is 1. The van der Waals surface area contributed by atoms with Gasteiger partial charge in [-0.3, -0.25) is 10.1 Å². The normalized spacial score (nSPS) is 20.3. The van der Waals surface area contributed by atoms with Gasteiger partial charge in [0.25, 0.3) is 5.69 Å². The molecule has 0 spiro atoms. The molecule has 0 saturated carbocycles. The van der Waals surface area contributed by atoms with E-state index in [1.54, 1.807) is 0 Å². The van der Waals surface area contributed by atoms with Crippen molar-refractivity contribution >= 4 is 21.5 Å². The molecule has 0 amide bonds. The van der Waals surface area contributed by atoms with E-state index in [9.17, 15) is 23.3 Å². The van der Waals surface area contributed by atoms with Gasteiger partial charge in [0, 0.05) is 18.7 Å². The molecule has 1 atom stereocenters. The predicted octanol–water partition coefficient (Wildman–Crippen LogP) is 0.570. The van der Waals surface area contributed by atoms with Gasteiger partial charge in [-0.25, -0.2) is 13.2 Å². The first-order valence-electron chi connectivity index (χ1n) is 6.23. The highest BCUT2D eigenvalue weighted by Crippen LogP contribution is 2.23. The summed E-state index contributed by atoms with van der Waals surface area (Å²) in [6, 6.07) is 3.77. The lowest BCUT2D eigenvalue weighted by Crippen LogP contribution is -2.30. The Bertz CT molecular complexity index is 685. The van der Waals surface area contributed by atoms with Crippen molar-refractivity contribution in [3.8, 4) is 0 Å². The highest BCUT2D eigenvalue weighted by atomic mass is 32.2. The lowest BCUT2D eigenvalue weighted by atomic mass is 10.0. The first-order valence-corrected chi connectivity index (χ1v) is 8.05. The molecule has 9 heteroatoms. The molecule has 2 N–H and O–H groups in total. The van der Waals surface area contributed by atoms with Crippen LogP contribution in [0.15, 0.2) is 18.2 Å². The van der Waals surface area contributed by atoms with Gasteiger partial charge in [-0.2, -0.15) is 0 Å². The fourth-order valence-electron chi connectivity index (χ4n) is 2.34. The minimum Gasteiger partial charge on any atom is -0.477 e. The SMILES string of the molecule is O=C(O)c1c(CNC2CCS(=O)(=O)C2)cccc1[N+](=O)[O-]. The zero-order valence-electron chi connectivity index (χ0n) is 11.0. The third-order valence-corrected chi connectivity index (χ3v) is 5.12. The fourth-order valence-corrected chi connectivity index (χ4v) is 4.05. The van der Waals surface area contributed by atoms with Crippen LogP contribution in [-0.4, -0.2) is 42.0 Å². The number of nitrogens with one attached hydrogen (secondary N) is 1. The number of carboxylic acid groups (broad SMARTS) is 1. The topological polar surface area (TPSA) is 127 Å². The van der Waals surface area contributed by atoms with Gasteiger partial charge in [0.15, 0.2) is 9.84 Å². The average molecular weight is 314 g/mol. The molecule has 0 radical (unpaired) electrons. The number of nitro groups is 1. The van der Waals surface area contributed by atoms with Gasteiger partial charge in [0.2, 0.25) is 0 Å². The van der Waals surface area contributed by atoms with Gasteiger partial charge in [-0.05, 0) is 12.0 Å². The number of carboxylic acids is 1. The summed E-state index contributed by atoms with van der Waals surface area (Å²) in [7, 11) is -3.03. The molecule has 8 nitrogen and oxygen atoms in total. The quantitative estimate of drug-likeness (QED) is 0.601. The van der Waals surface area contributed by atoms with Gasteiger partial charge >= 0.3 is 5.97 Å². The standard InChI is InChI=1S/C12H14N2O6S/c15-12(16)11-8(2-1-3-10(11)14(17)18)6-13-9-4-5-21(19,20)7-9/h1-3,9,13H,4-7H2,(H,15,16). The Labute approximate surface area is 120 Å². The molecule has 2 rings (SSSR count). The largest absolute Gasteiger partial charge is 0.477 e. The summed E-state index contributed by atoms with van der Waals surface area (Å²) in [6.07, 6.45) is 0.458. The van der Waals surface area contributed by atoms with E-state index in [0.717, 1.165) is 6.07 Å². The number of sulfone groups is 1. The van der Waals surface area contributed by atoms with Gasteiger partial charge in [0.05, 0.1) is 16.4 Å². The van der Waals surface area contributed by atoms with E-state index in [4.69, 9.17) is 5.11 Å². The maximum Gasteiger partial charge on any atom is 0.343 e. The number of hydrogen-bond donors (Lipinski definition) is 2. The average Bonchev–Trinajstić information content (AvgIpc) is 2.75. The lowest BCUT2D eigenvalue weighted by molar-refractivity contribution is -0.385. The minimum absolute atomic E-state index is 0.00430. The molecule has 114 valence electrons. The van der Waals surface area contributed by atoms with E-state index in [1.807, 2.05) is 0 Å². The summed E-state index contributed by atoms with van der Waals surface area (Å²) >= 11 is 0. The van der Waals surface area contributed by atoms with Crippen molar-refractivity contribution in [3.63, 3.8) is 0 Å². The van der Waals surface area contributed by atoms with Crippen molar-refractivity contribution in [1.29, 1.82) is 0 Å². The highest BCUT2D eigenvalue weighted by Gasteiger charge is 2.28. The molecule has 0 bridgehead atoms. The van der Waals surface area contributed by atoms with Crippen LogP contribution in [0.4, 0.5) is 5.69 Å². The summed E-state index contributed by atoms with van der Waals surface area (Å²) in [5.41, 5.74) is -0.572. The molecule has 1 aliphatic rings. The molecule has 1 heterocycles. The predicted molar refractivity (Wildman–Crippen MR) is 74.0 cm³/mol. The molecule has 1 aliphatic heterocycles. The van der Waals surface area contributed by atoms with Gasteiger partial charge in [-0.1, -0.05) is 12.1 Å². The van der Waals surface area contributed by atoms with E-state index in [0.29, 0.717) is 6.42 Å². The molecule has 1 saturated heterocycles. The molecule has 0 aliphatic carbocycles. The molecule has 1 fully saturated rings. The van der Waals surface area contributed by atoms with Crippen molar-refractivity contribution in [2.45, 2.75) is 19.0 Å². The Kier molecular flexibility index (Phi) is 4.24. The van der Waals surface area contributed by atoms with Crippen molar-refractivity contribution < 1.29 is 23.2 Å². The van der Waals surface area contributed by atoms with Crippen LogP contribution < -0.4 is 5.32 Å². The third-order valence-electron chi connectivity index (χ3n) is 3.35. The molecule has 1 aromatic carbocycles. The number of nitro benzene ring substituents is 1. The molecule has 1 aromatic rings. The molecular formula is C12H14N2O6S. The summed E-state index contributed by atoms with van der Waals surface area (Å²) in [5, 5.41) is 23.0. The monoisotopic (exact) mass is 314 g/mol. The van der Waals surface area contributed by atoms with E-state index in [-0.39, 0.29) is 35.2 Å². The highest BCUT2D eigenvalue weighted by molar-refractivity contribution is 7.91. The second kappa shape index (κ2) is 5.78. The number of benzene rings is 1. The van der Waals surface area contributed by atoms with Gasteiger partial charge in [-0.15, -0.1) is 0 Å². The van der Waals surface area contributed by atoms with Crippen LogP contribution in [0.2, 0.25) is 0 Å². The summed E-state index contributed by atoms with van der Waals surface area (Å²) in [5.74, 6) is -1.27. The van der Waals surface area contributed by atoms with Crippen LogP contribution in [0.25, 0.3) is 0 Å². The summed E-state index contributed by atoms with van der Waals surface area (Å²) in [6.45, 7) is 0.0729. The molecular weight excluding hydrogens is 300 g/mol. The number of hydrogen-bond acceptors (Lipinski definition) is 6. The molecule has 21 heavy (non-hydrogen) atoms. The Morgan fingerprint density at radius 3 is 2.71 bits per heavy atom. The number of rotatable bonds is 5. The zero-order valence-corrected chi connectivity index (χ0v) is 11.8. The maximum atomic E-state index is 11.3. The second-order valence-corrected chi connectivity index (χ2v) is 7.08. The van der Waals surface area contributed by atoms with Crippen LogP contribution in [0, 0.1) is 10.1 Å². The zero-order chi connectivity index (χ0) is 15.6. The first-order chi connectivity index (χ1) is 9.80. The Balaban J connectivity index is 2.19. The lowest BCUT2D eigenvalue weighted by Gasteiger charge is -2.12. The smallest absolute Gasteiger partial charge is 0.343 e. The summed E-state index contributed by atoms with van der Waals surface area (Å²) < 4.78 is 22.7. The van der Waals surface area contributed by atoms with Crippen LogP contribution >= 0.6 is 0 Å². The van der Waals surface area contributed by atoms with Crippen molar-refractivity contribution in [2.24, 2.45) is 0 Å². The second-order valence-electron chi connectivity index (χ2n) is 4.85. The third kappa shape index (κ3) is 3.56.